The van der Waals surface area contributed by atoms with E-state index in [2.05, 4.69) is 5.16 Å². The van der Waals surface area contributed by atoms with Crippen LogP contribution in [0.25, 0.3) is 0 Å². The molecule has 0 saturated carbocycles. The summed E-state index contributed by atoms with van der Waals surface area (Å²) in [7, 11) is 0. The molecule has 1 aromatic rings. The topological polar surface area (TPSA) is 83.6 Å². The predicted octanol–water partition coefficient (Wildman–Crippen LogP) is 2.50. The lowest BCUT2D eigenvalue weighted by Gasteiger charge is -2.36. The van der Waals surface area contributed by atoms with Crippen LogP contribution in [-0.2, 0) is 9.59 Å². The summed E-state index contributed by atoms with van der Waals surface area (Å²) in [4.78, 5) is 25.5. The number of carboxylic acids is 1. The van der Waals surface area contributed by atoms with E-state index in [1.165, 1.54) is 4.90 Å². The molecule has 0 aromatic carbocycles. The second-order valence-corrected chi connectivity index (χ2v) is 6.41. The maximum Gasteiger partial charge on any atom is 0.326 e. The number of carboxylic acid groups (broad SMARTS) is 1. The minimum absolute atomic E-state index is 0.0347. The molecule has 1 aliphatic heterocycles. The molecule has 6 nitrogen and oxygen atoms in total. The van der Waals surface area contributed by atoms with Crippen molar-refractivity contribution < 1.29 is 19.2 Å². The van der Waals surface area contributed by atoms with Gasteiger partial charge in [-0.25, -0.2) is 4.79 Å². The molecular formula is C16H24N2O4. The number of carbonyl (C=O) groups excluding carboxylic acids is 1. The molecule has 6 heteroatoms. The molecule has 0 bridgehead atoms. The number of amides is 1. The minimum atomic E-state index is -0.912. The summed E-state index contributed by atoms with van der Waals surface area (Å²) in [5.74, 6) is 0.00854. The number of piperidine rings is 1. The second-order valence-electron chi connectivity index (χ2n) is 6.41. The molecule has 1 aromatic heterocycles. The number of aliphatic carboxylic acids is 1. The summed E-state index contributed by atoms with van der Waals surface area (Å²) in [5.41, 5.74) is 1.74. The summed E-state index contributed by atoms with van der Waals surface area (Å²) in [6, 6.07) is -0.701. The van der Waals surface area contributed by atoms with Gasteiger partial charge in [0.1, 0.15) is 11.8 Å². The third-order valence-electron chi connectivity index (χ3n) is 4.53. The minimum Gasteiger partial charge on any atom is -0.480 e. The fourth-order valence-electron chi connectivity index (χ4n) is 3.35. The Balaban J connectivity index is 2.09. The molecule has 1 aliphatic rings. The van der Waals surface area contributed by atoms with E-state index in [1.54, 1.807) is 0 Å². The van der Waals surface area contributed by atoms with Crippen molar-refractivity contribution in [3.8, 4) is 0 Å². The number of likely N-dealkylation sites (tertiary alicyclic amines) is 1. The fraction of sp³-hybridized carbons (Fsp3) is 0.688. The molecule has 0 spiro atoms. The highest BCUT2D eigenvalue weighted by Gasteiger charge is 2.35. The number of hydrogen-bond acceptors (Lipinski definition) is 4. The largest absolute Gasteiger partial charge is 0.480 e. The van der Waals surface area contributed by atoms with Crippen molar-refractivity contribution in [3.63, 3.8) is 0 Å². The molecule has 1 amide bonds. The maximum absolute atomic E-state index is 12.6. The molecule has 0 aliphatic carbocycles. The third-order valence-corrected chi connectivity index (χ3v) is 4.53. The van der Waals surface area contributed by atoms with Crippen LogP contribution in [0.5, 0.6) is 0 Å². The van der Waals surface area contributed by atoms with Crippen molar-refractivity contribution in [2.45, 2.75) is 58.9 Å². The number of nitrogens with zero attached hydrogens (tertiary/aromatic N) is 2. The van der Waals surface area contributed by atoms with Crippen molar-refractivity contribution in [3.05, 3.63) is 17.0 Å². The van der Waals surface area contributed by atoms with E-state index in [9.17, 15) is 14.7 Å². The Morgan fingerprint density at radius 3 is 2.68 bits per heavy atom. The van der Waals surface area contributed by atoms with Crippen LogP contribution in [0.1, 0.15) is 56.0 Å². The fourth-order valence-corrected chi connectivity index (χ4v) is 3.35. The number of aromatic nitrogens is 1. The quantitative estimate of drug-likeness (QED) is 0.924. The van der Waals surface area contributed by atoms with Gasteiger partial charge in [-0.1, -0.05) is 19.0 Å². The SMILES string of the molecule is Cc1noc(C)c1C(C)CC(=O)N1CCC(C)CC1C(=O)O. The Morgan fingerprint density at radius 1 is 1.45 bits per heavy atom. The lowest BCUT2D eigenvalue weighted by Crippen LogP contribution is -2.50. The van der Waals surface area contributed by atoms with Gasteiger partial charge in [0.15, 0.2) is 0 Å². The van der Waals surface area contributed by atoms with Gasteiger partial charge in [0.25, 0.3) is 0 Å². The lowest BCUT2D eigenvalue weighted by atomic mass is 9.90. The Bertz CT molecular complexity index is 547. The van der Waals surface area contributed by atoms with E-state index in [1.807, 2.05) is 27.7 Å². The van der Waals surface area contributed by atoms with Crippen LogP contribution in [0.15, 0.2) is 4.52 Å². The summed E-state index contributed by atoms with van der Waals surface area (Å²) in [6.45, 7) is 8.19. The number of aryl methyl sites for hydroxylation is 2. The van der Waals surface area contributed by atoms with Crippen LogP contribution in [0.2, 0.25) is 0 Å². The monoisotopic (exact) mass is 308 g/mol. The first-order valence-electron chi connectivity index (χ1n) is 7.76. The first-order valence-corrected chi connectivity index (χ1v) is 7.76. The van der Waals surface area contributed by atoms with Crippen molar-refractivity contribution in [1.82, 2.24) is 10.1 Å². The Kier molecular flexibility index (Phi) is 4.88. The van der Waals surface area contributed by atoms with Crippen LogP contribution in [-0.4, -0.2) is 39.6 Å². The molecule has 2 heterocycles. The smallest absolute Gasteiger partial charge is 0.326 e. The Morgan fingerprint density at radius 2 is 2.14 bits per heavy atom. The number of rotatable bonds is 4. The molecule has 1 fully saturated rings. The zero-order chi connectivity index (χ0) is 16.4. The lowest BCUT2D eigenvalue weighted by molar-refractivity contribution is -0.153. The van der Waals surface area contributed by atoms with Crippen LogP contribution >= 0.6 is 0 Å². The third kappa shape index (κ3) is 3.31. The zero-order valence-corrected chi connectivity index (χ0v) is 13.6. The highest BCUT2D eigenvalue weighted by atomic mass is 16.5. The first kappa shape index (κ1) is 16.5. The Hall–Kier alpha value is -1.85. The summed E-state index contributed by atoms with van der Waals surface area (Å²) in [5, 5.41) is 13.3. The molecule has 22 heavy (non-hydrogen) atoms. The summed E-state index contributed by atoms with van der Waals surface area (Å²) in [6.07, 6.45) is 1.66. The van der Waals surface area contributed by atoms with Crippen LogP contribution in [0, 0.1) is 19.8 Å². The van der Waals surface area contributed by atoms with Crippen molar-refractivity contribution in [2.24, 2.45) is 5.92 Å². The standard InChI is InChI=1S/C16H24N2O4/c1-9-5-6-18(13(7-9)16(20)21)14(19)8-10(2)15-11(3)17-22-12(15)4/h9-10,13H,5-8H2,1-4H3,(H,20,21). The van der Waals surface area contributed by atoms with Gasteiger partial charge in [-0.3, -0.25) is 4.79 Å². The molecule has 122 valence electrons. The van der Waals surface area contributed by atoms with Gasteiger partial charge in [-0.15, -0.1) is 0 Å². The van der Waals surface area contributed by atoms with Crippen molar-refractivity contribution in [2.75, 3.05) is 6.54 Å². The average Bonchev–Trinajstić information content (AvgIpc) is 2.77. The summed E-state index contributed by atoms with van der Waals surface area (Å²) < 4.78 is 5.15. The van der Waals surface area contributed by atoms with E-state index < -0.39 is 12.0 Å². The Labute approximate surface area is 130 Å². The van der Waals surface area contributed by atoms with Crippen LogP contribution in [0.4, 0.5) is 0 Å². The maximum atomic E-state index is 12.6. The van der Waals surface area contributed by atoms with Gasteiger partial charge in [-0.2, -0.15) is 0 Å². The number of carbonyl (C=O) groups is 2. The van der Waals surface area contributed by atoms with Gasteiger partial charge in [0, 0.05) is 18.5 Å². The van der Waals surface area contributed by atoms with Crippen molar-refractivity contribution in [1.29, 1.82) is 0 Å². The zero-order valence-electron chi connectivity index (χ0n) is 13.6. The molecule has 3 unspecified atom stereocenters. The normalized spacial score (nSPS) is 23.4. The van der Waals surface area contributed by atoms with Gasteiger partial charge in [0.2, 0.25) is 5.91 Å². The van der Waals surface area contributed by atoms with Crippen LogP contribution in [0.3, 0.4) is 0 Å². The van der Waals surface area contributed by atoms with Gasteiger partial charge in [-0.05, 0) is 38.5 Å². The second kappa shape index (κ2) is 6.50. The average molecular weight is 308 g/mol. The van der Waals surface area contributed by atoms with Gasteiger partial charge in [0.05, 0.1) is 5.69 Å². The van der Waals surface area contributed by atoms with E-state index in [-0.39, 0.29) is 18.2 Å². The molecule has 3 atom stereocenters. The van der Waals surface area contributed by atoms with E-state index in [0.29, 0.717) is 18.9 Å². The highest BCUT2D eigenvalue weighted by Crippen LogP contribution is 2.29. The molecule has 1 saturated heterocycles. The summed E-state index contributed by atoms with van der Waals surface area (Å²) >= 11 is 0. The predicted molar refractivity (Wildman–Crippen MR) is 80.5 cm³/mol. The van der Waals surface area contributed by atoms with Crippen LogP contribution < -0.4 is 0 Å². The number of hydrogen-bond donors (Lipinski definition) is 1. The molecule has 2 rings (SSSR count). The molecular weight excluding hydrogens is 284 g/mol. The molecule has 0 radical (unpaired) electrons. The van der Waals surface area contributed by atoms with E-state index in [4.69, 9.17) is 4.52 Å². The van der Waals surface area contributed by atoms with Gasteiger partial charge >= 0.3 is 5.97 Å². The first-order chi connectivity index (χ1) is 10.3. The highest BCUT2D eigenvalue weighted by molar-refractivity contribution is 5.84. The van der Waals surface area contributed by atoms with E-state index in [0.717, 1.165) is 23.4 Å². The van der Waals surface area contributed by atoms with Crippen molar-refractivity contribution >= 4 is 11.9 Å². The molecule has 1 N–H and O–H groups in total. The van der Waals surface area contributed by atoms with Gasteiger partial charge < -0.3 is 14.5 Å². The van der Waals surface area contributed by atoms with E-state index >= 15 is 0 Å².